The first-order valence-corrected chi connectivity index (χ1v) is 12.0. The van der Waals surface area contributed by atoms with E-state index in [4.69, 9.17) is 0 Å². The highest BCUT2D eigenvalue weighted by molar-refractivity contribution is 6.04. The Hall–Kier alpha value is -2.96. The van der Waals surface area contributed by atoms with Gasteiger partial charge in [0.2, 0.25) is 5.91 Å². The zero-order chi connectivity index (χ0) is 23.9. The van der Waals surface area contributed by atoms with E-state index in [-0.39, 0.29) is 23.0 Å². The van der Waals surface area contributed by atoms with E-state index in [2.05, 4.69) is 15.4 Å². The van der Waals surface area contributed by atoms with Gasteiger partial charge in [-0.2, -0.15) is 8.78 Å². The summed E-state index contributed by atoms with van der Waals surface area (Å²) < 4.78 is 29.6. The summed E-state index contributed by atoms with van der Waals surface area (Å²) in [5.41, 5.74) is 2.04. The molecule has 34 heavy (non-hydrogen) atoms. The Bertz CT molecular complexity index is 1050. The van der Waals surface area contributed by atoms with Crippen molar-refractivity contribution < 1.29 is 23.1 Å². The third kappa shape index (κ3) is 4.52. The molecule has 0 spiro atoms. The molecule has 0 aromatic heterocycles. The van der Waals surface area contributed by atoms with Crippen molar-refractivity contribution in [3.8, 4) is 5.75 Å². The monoisotopic (exact) mass is 468 g/mol. The second kappa shape index (κ2) is 9.01. The fourth-order valence-electron chi connectivity index (χ4n) is 6.70. The summed E-state index contributed by atoms with van der Waals surface area (Å²) in [5, 5.41) is 5.91. The second-order valence-corrected chi connectivity index (χ2v) is 10.3. The van der Waals surface area contributed by atoms with Gasteiger partial charge in [0.05, 0.1) is 0 Å². The van der Waals surface area contributed by atoms with Crippen molar-refractivity contribution in [1.29, 1.82) is 0 Å². The van der Waals surface area contributed by atoms with Crippen molar-refractivity contribution in [2.24, 2.45) is 23.2 Å². The van der Waals surface area contributed by atoms with Gasteiger partial charge in [0, 0.05) is 28.8 Å². The van der Waals surface area contributed by atoms with Crippen LogP contribution < -0.4 is 15.4 Å². The van der Waals surface area contributed by atoms with Gasteiger partial charge in [0.15, 0.2) is 0 Å². The molecule has 4 fully saturated rings. The molecule has 0 atom stereocenters. The molecule has 0 aliphatic heterocycles. The summed E-state index contributed by atoms with van der Waals surface area (Å²) in [6.07, 6.45) is 7.02. The van der Waals surface area contributed by atoms with E-state index in [0.29, 0.717) is 23.4 Å². The fourth-order valence-corrected chi connectivity index (χ4v) is 6.70. The second-order valence-electron chi connectivity index (χ2n) is 10.3. The molecule has 7 heteroatoms. The van der Waals surface area contributed by atoms with Crippen LogP contribution in [-0.4, -0.2) is 18.4 Å². The molecule has 2 aromatic carbocycles. The number of ether oxygens (including phenoxy) is 1. The van der Waals surface area contributed by atoms with Gasteiger partial charge in [-0.3, -0.25) is 9.59 Å². The highest BCUT2D eigenvalue weighted by atomic mass is 19.3. The number of benzene rings is 2. The highest BCUT2D eigenvalue weighted by Gasteiger charge is 2.54. The van der Waals surface area contributed by atoms with Crippen LogP contribution in [0.2, 0.25) is 0 Å². The van der Waals surface area contributed by atoms with Crippen LogP contribution in [-0.2, 0) is 11.3 Å². The summed E-state index contributed by atoms with van der Waals surface area (Å²) in [4.78, 5) is 25.8. The Morgan fingerprint density at radius 2 is 1.62 bits per heavy atom. The van der Waals surface area contributed by atoms with Gasteiger partial charge in [0.1, 0.15) is 5.75 Å². The fraction of sp³-hybridized carbons (Fsp3) is 0.481. The average Bonchev–Trinajstić information content (AvgIpc) is 2.79. The van der Waals surface area contributed by atoms with Crippen molar-refractivity contribution in [2.45, 2.75) is 58.6 Å². The molecule has 4 bridgehead atoms. The Morgan fingerprint density at radius 1 is 1.00 bits per heavy atom. The molecule has 4 saturated carbocycles. The maximum atomic E-state index is 13.1. The number of carbonyl (C=O) groups is 2. The van der Waals surface area contributed by atoms with Crippen LogP contribution in [0.3, 0.4) is 0 Å². The lowest BCUT2D eigenvalue weighted by atomic mass is 9.49. The summed E-state index contributed by atoms with van der Waals surface area (Å²) in [6.45, 7) is -0.877. The van der Waals surface area contributed by atoms with Crippen molar-refractivity contribution in [1.82, 2.24) is 5.32 Å². The van der Waals surface area contributed by atoms with Crippen LogP contribution >= 0.6 is 0 Å². The summed E-state index contributed by atoms with van der Waals surface area (Å²) in [7, 11) is 0. The maximum Gasteiger partial charge on any atom is 0.387 e. The number of nitrogens with one attached hydrogen (secondary N) is 2. The third-order valence-electron chi connectivity index (χ3n) is 7.94. The minimum Gasteiger partial charge on any atom is -0.434 e. The predicted molar refractivity (Wildman–Crippen MR) is 125 cm³/mol. The lowest BCUT2D eigenvalue weighted by Gasteiger charge is -2.55. The number of amides is 2. The summed E-state index contributed by atoms with van der Waals surface area (Å²) in [6, 6.07) is 11.7. The third-order valence-corrected chi connectivity index (χ3v) is 7.94. The molecule has 0 unspecified atom stereocenters. The smallest absolute Gasteiger partial charge is 0.387 e. The topological polar surface area (TPSA) is 67.4 Å². The number of alkyl halides is 2. The Kier molecular flexibility index (Phi) is 6.04. The van der Waals surface area contributed by atoms with E-state index in [1.807, 2.05) is 12.1 Å². The number of carbonyl (C=O) groups excluding carboxylic acids is 2. The molecule has 2 amide bonds. The predicted octanol–water partition coefficient (Wildman–Crippen LogP) is 5.68. The largest absolute Gasteiger partial charge is 0.434 e. The number of hydrogen-bond donors (Lipinski definition) is 2. The van der Waals surface area contributed by atoms with Gasteiger partial charge >= 0.3 is 6.61 Å². The average molecular weight is 469 g/mol. The van der Waals surface area contributed by atoms with Crippen LogP contribution in [0.15, 0.2) is 42.5 Å². The van der Waals surface area contributed by atoms with Crippen molar-refractivity contribution in [2.75, 3.05) is 5.32 Å². The van der Waals surface area contributed by atoms with Crippen LogP contribution in [0.1, 0.15) is 60.0 Å². The van der Waals surface area contributed by atoms with E-state index in [0.717, 1.165) is 42.6 Å². The van der Waals surface area contributed by atoms with Gasteiger partial charge in [-0.1, -0.05) is 18.2 Å². The summed E-state index contributed by atoms with van der Waals surface area (Å²) >= 11 is 0. The zero-order valence-corrected chi connectivity index (χ0v) is 19.3. The van der Waals surface area contributed by atoms with Crippen LogP contribution in [0.25, 0.3) is 0 Å². The molecule has 0 saturated heterocycles. The zero-order valence-electron chi connectivity index (χ0n) is 19.3. The number of anilines is 1. The summed E-state index contributed by atoms with van der Waals surface area (Å²) in [5.74, 6) is 2.04. The number of halogens is 2. The molecule has 4 aliphatic rings. The molecule has 0 radical (unpaired) electrons. The molecule has 180 valence electrons. The van der Waals surface area contributed by atoms with Crippen LogP contribution in [0.4, 0.5) is 14.5 Å². The molecule has 4 aliphatic carbocycles. The van der Waals surface area contributed by atoms with Gasteiger partial charge in [-0.15, -0.1) is 0 Å². The SMILES string of the molecule is Cc1c(NC(=O)c2ccc(CNC(=O)C34CC5CC(CC(C5)C3)C4)cc2)cccc1OC(F)F. The van der Waals surface area contributed by atoms with Gasteiger partial charge in [-0.05, 0) is 93.0 Å². The van der Waals surface area contributed by atoms with Crippen molar-refractivity contribution >= 4 is 17.5 Å². The quantitative estimate of drug-likeness (QED) is 0.549. The molecule has 2 aromatic rings. The Balaban J connectivity index is 1.18. The van der Waals surface area contributed by atoms with Gasteiger partial charge in [0.25, 0.3) is 5.91 Å². The first-order valence-electron chi connectivity index (χ1n) is 12.0. The van der Waals surface area contributed by atoms with Gasteiger partial charge in [-0.25, -0.2) is 0 Å². The lowest BCUT2D eigenvalue weighted by Crippen LogP contribution is -2.53. The first kappa shape index (κ1) is 22.8. The minimum absolute atomic E-state index is 0.0258. The molecule has 0 heterocycles. The first-order chi connectivity index (χ1) is 16.3. The lowest BCUT2D eigenvalue weighted by molar-refractivity contribution is -0.146. The minimum atomic E-state index is -2.93. The van der Waals surface area contributed by atoms with Crippen LogP contribution in [0, 0.1) is 30.1 Å². The molecule has 5 nitrogen and oxygen atoms in total. The van der Waals surface area contributed by atoms with E-state index in [1.54, 1.807) is 31.2 Å². The van der Waals surface area contributed by atoms with E-state index >= 15 is 0 Å². The highest BCUT2D eigenvalue weighted by Crippen LogP contribution is 2.60. The molecule has 2 N–H and O–H groups in total. The standard InChI is InChI=1S/C27H30F2N2O3/c1-16-22(3-2-4-23(16)34-26(28)29)31-24(32)21-7-5-17(6-8-21)15-30-25(33)27-12-18-9-19(13-27)11-20(10-18)14-27/h2-8,18-20,26H,9-15H2,1H3,(H,30,33)(H,31,32). The molecular weight excluding hydrogens is 438 g/mol. The molecule has 6 rings (SSSR count). The van der Waals surface area contributed by atoms with E-state index < -0.39 is 6.61 Å². The Morgan fingerprint density at radius 3 is 2.21 bits per heavy atom. The number of hydrogen-bond acceptors (Lipinski definition) is 3. The van der Waals surface area contributed by atoms with E-state index in [1.165, 1.54) is 25.3 Å². The molecular formula is C27H30F2N2O3. The van der Waals surface area contributed by atoms with Crippen LogP contribution in [0.5, 0.6) is 5.75 Å². The normalized spacial score (nSPS) is 27.0. The van der Waals surface area contributed by atoms with Crippen molar-refractivity contribution in [3.05, 3.63) is 59.2 Å². The number of rotatable bonds is 7. The van der Waals surface area contributed by atoms with Crippen molar-refractivity contribution in [3.63, 3.8) is 0 Å². The van der Waals surface area contributed by atoms with E-state index in [9.17, 15) is 18.4 Å². The van der Waals surface area contributed by atoms with Gasteiger partial charge < -0.3 is 15.4 Å². The Labute approximate surface area is 198 Å². The maximum absolute atomic E-state index is 13.1.